The summed E-state index contributed by atoms with van der Waals surface area (Å²) in [6.45, 7) is 2.86. The van der Waals surface area contributed by atoms with Crippen molar-refractivity contribution >= 4 is 23.5 Å². The highest BCUT2D eigenvalue weighted by atomic mass is 16.5. The molecule has 1 saturated heterocycles. The minimum absolute atomic E-state index is 0.00360. The van der Waals surface area contributed by atoms with E-state index in [9.17, 15) is 14.4 Å². The molecule has 1 fully saturated rings. The molecule has 0 radical (unpaired) electrons. The number of benzene rings is 2. The Morgan fingerprint density at radius 2 is 1.93 bits per heavy atom. The first kappa shape index (κ1) is 19.6. The lowest BCUT2D eigenvalue weighted by molar-refractivity contribution is -0.128. The summed E-state index contributed by atoms with van der Waals surface area (Å²) in [4.78, 5) is 38.4. The molecule has 0 bridgehead atoms. The molecule has 1 N–H and O–H groups in total. The van der Waals surface area contributed by atoms with Crippen molar-refractivity contribution in [2.75, 3.05) is 25.5 Å². The molecule has 0 aliphatic carbocycles. The number of carbonyl (C=O) groups excluding carboxylic acids is 3. The molecule has 2 amide bonds. The number of anilines is 1. The van der Waals surface area contributed by atoms with Crippen LogP contribution in [0.25, 0.3) is 0 Å². The molecular weight excluding hydrogens is 356 g/mol. The largest absolute Gasteiger partial charge is 0.465 e. The molecule has 0 unspecified atom stereocenters. The molecule has 0 aromatic heterocycles. The van der Waals surface area contributed by atoms with Gasteiger partial charge in [-0.25, -0.2) is 4.79 Å². The van der Waals surface area contributed by atoms with Crippen LogP contribution in [-0.2, 0) is 20.7 Å². The van der Waals surface area contributed by atoms with Crippen molar-refractivity contribution in [1.82, 2.24) is 4.90 Å². The normalized spacial score (nSPS) is 16.1. The van der Waals surface area contributed by atoms with Gasteiger partial charge < -0.3 is 15.0 Å². The van der Waals surface area contributed by atoms with Gasteiger partial charge in [-0.15, -0.1) is 0 Å². The van der Waals surface area contributed by atoms with E-state index in [-0.39, 0.29) is 18.2 Å². The standard InChI is InChI=1S/C22H24N2O4/c1-15-8-9-17(22(27)28-2)12-19(15)23-21(26)18-13-20(25)24(14-18)11-10-16-6-4-3-5-7-16/h3-9,12,18H,10-11,13-14H2,1-2H3,(H,23,26)/t18-/m1/s1. The van der Waals surface area contributed by atoms with Crippen LogP contribution in [0.1, 0.15) is 27.9 Å². The number of methoxy groups -OCH3 is 1. The van der Waals surface area contributed by atoms with Crippen molar-refractivity contribution in [3.63, 3.8) is 0 Å². The molecule has 28 heavy (non-hydrogen) atoms. The Labute approximate surface area is 164 Å². The Morgan fingerprint density at radius 3 is 2.64 bits per heavy atom. The summed E-state index contributed by atoms with van der Waals surface area (Å²) in [6, 6.07) is 15.0. The fourth-order valence-electron chi connectivity index (χ4n) is 3.31. The molecule has 6 nitrogen and oxygen atoms in total. The lowest BCUT2D eigenvalue weighted by Gasteiger charge is -2.17. The maximum absolute atomic E-state index is 12.7. The molecule has 1 atom stereocenters. The Bertz CT molecular complexity index is 879. The Balaban J connectivity index is 1.61. The molecular formula is C22H24N2O4. The molecule has 2 aromatic rings. The minimum atomic E-state index is -0.460. The fraction of sp³-hybridized carbons (Fsp3) is 0.318. The van der Waals surface area contributed by atoms with Crippen molar-refractivity contribution in [2.45, 2.75) is 19.8 Å². The highest BCUT2D eigenvalue weighted by Gasteiger charge is 2.34. The first-order valence-electron chi connectivity index (χ1n) is 9.29. The van der Waals surface area contributed by atoms with E-state index >= 15 is 0 Å². The second-order valence-electron chi connectivity index (χ2n) is 6.99. The summed E-state index contributed by atoms with van der Waals surface area (Å²) in [5, 5.41) is 2.86. The number of likely N-dealkylation sites (tertiary alicyclic amines) is 1. The highest BCUT2D eigenvalue weighted by Crippen LogP contribution is 2.23. The van der Waals surface area contributed by atoms with E-state index in [1.165, 1.54) is 12.7 Å². The average molecular weight is 380 g/mol. The zero-order valence-corrected chi connectivity index (χ0v) is 16.1. The lowest BCUT2D eigenvalue weighted by Crippen LogP contribution is -2.30. The van der Waals surface area contributed by atoms with Crippen LogP contribution < -0.4 is 5.32 Å². The number of hydrogen-bond acceptors (Lipinski definition) is 4. The third-order valence-corrected chi connectivity index (χ3v) is 5.02. The number of esters is 1. The number of rotatable bonds is 6. The van der Waals surface area contributed by atoms with Crippen LogP contribution >= 0.6 is 0 Å². The van der Waals surface area contributed by atoms with Gasteiger partial charge in [-0.05, 0) is 36.6 Å². The van der Waals surface area contributed by atoms with Crippen molar-refractivity contribution in [3.05, 3.63) is 65.2 Å². The van der Waals surface area contributed by atoms with Crippen LogP contribution in [0.3, 0.4) is 0 Å². The molecule has 6 heteroatoms. The van der Waals surface area contributed by atoms with E-state index in [4.69, 9.17) is 4.74 Å². The van der Waals surface area contributed by atoms with Gasteiger partial charge in [-0.3, -0.25) is 9.59 Å². The zero-order chi connectivity index (χ0) is 20.1. The SMILES string of the molecule is COC(=O)c1ccc(C)c(NC(=O)[C@@H]2CC(=O)N(CCc3ccccc3)C2)c1. The molecule has 3 rings (SSSR count). The second-order valence-corrected chi connectivity index (χ2v) is 6.99. The van der Waals surface area contributed by atoms with Gasteiger partial charge in [-0.1, -0.05) is 36.4 Å². The van der Waals surface area contributed by atoms with Crippen LogP contribution in [0.2, 0.25) is 0 Å². The van der Waals surface area contributed by atoms with Gasteiger partial charge >= 0.3 is 5.97 Å². The van der Waals surface area contributed by atoms with Crippen molar-refractivity contribution < 1.29 is 19.1 Å². The lowest BCUT2D eigenvalue weighted by atomic mass is 10.1. The first-order chi connectivity index (χ1) is 13.5. The van der Waals surface area contributed by atoms with E-state index < -0.39 is 11.9 Å². The summed E-state index contributed by atoms with van der Waals surface area (Å²) in [5.41, 5.74) is 2.93. The number of carbonyl (C=O) groups is 3. The molecule has 146 valence electrons. The summed E-state index contributed by atoms with van der Waals surface area (Å²) >= 11 is 0. The van der Waals surface area contributed by atoms with Gasteiger partial charge in [0.25, 0.3) is 0 Å². The number of ether oxygens (including phenoxy) is 1. The number of nitrogens with zero attached hydrogens (tertiary/aromatic N) is 1. The van der Waals surface area contributed by atoms with Crippen LogP contribution in [0, 0.1) is 12.8 Å². The maximum atomic E-state index is 12.7. The number of aryl methyl sites for hydroxylation is 1. The predicted molar refractivity (Wildman–Crippen MR) is 106 cm³/mol. The van der Waals surface area contributed by atoms with Crippen LogP contribution in [0.15, 0.2) is 48.5 Å². The topological polar surface area (TPSA) is 75.7 Å². The Morgan fingerprint density at radius 1 is 1.18 bits per heavy atom. The van der Waals surface area contributed by atoms with Crippen molar-refractivity contribution in [3.8, 4) is 0 Å². The van der Waals surface area contributed by atoms with Crippen LogP contribution in [-0.4, -0.2) is 42.9 Å². The van der Waals surface area contributed by atoms with E-state index in [1.54, 1.807) is 23.1 Å². The minimum Gasteiger partial charge on any atom is -0.465 e. The maximum Gasteiger partial charge on any atom is 0.337 e. The van der Waals surface area contributed by atoms with E-state index in [1.807, 2.05) is 37.3 Å². The molecule has 1 aliphatic heterocycles. The summed E-state index contributed by atoms with van der Waals surface area (Å²) in [5.74, 6) is -1.07. The first-order valence-corrected chi connectivity index (χ1v) is 9.29. The zero-order valence-electron chi connectivity index (χ0n) is 16.1. The van der Waals surface area contributed by atoms with Gasteiger partial charge in [0, 0.05) is 25.2 Å². The molecule has 1 aliphatic rings. The Hall–Kier alpha value is -3.15. The van der Waals surface area contributed by atoms with Gasteiger partial charge in [0.2, 0.25) is 11.8 Å². The highest BCUT2D eigenvalue weighted by molar-refractivity contribution is 5.99. The monoisotopic (exact) mass is 380 g/mol. The quantitative estimate of drug-likeness (QED) is 0.782. The Kier molecular flexibility index (Phi) is 6.09. The van der Waals surface area contributed by atoms with Gasteiger partial charge in [-0.2, -0.15) is 0 Å². The predicted octanol–water partition coefficient (Wildman–Crippen LogP) is 2.81. The molecule has 0 spiro atoms. The molecule has 1 heterocycles. The van der Waals surface area contributed by atoms with Gasteiger partial charge in [0.15, 0.2) is 0 Å². The number of nitrogens with one attached hydrogen (secondary N) is 1. The third-order valence-electron chi connectivity index (χ3n) is 5.02. The second kappa shape index (κ2) is 8.69. The third kappa shape index (κ3) is 4.57. The van der Waals surface area contributed by atoms with E-state index in [0.717, 1.165) is 12.0 Å². The fourth-order valence-corrected chi connectivity index (χ4v) is 3.31. The van der Waals surface area contributed by atoms with E-state index in [2.05, 4.69) is 5.32 Å². The summed E-state index contributed by atoms with van der Waals surface area (Å²) < 4.78 is 4.72. The number of hydrogen-bond donors (Lipinski definition) is 1. The summed E-state index contributed by atoms with van der Waals surface area (Å²) in [6.07, 6.45) is 0.970. The molecule has 2 aromatic carbocycles. The van der Waals surface area contributed by atoms with Crippen LogP contribution in [0.4, 0.5) is 5.69 Å². The summed E-state index contributed by atoms with van der Waals surface area (Å²) in [7, 11) is 1.31. The van der Waals surface area contributed by atoms with E-state index in [0.29, 0.717) is 24.3 Å². The van der Waals surface area contributed by atoms with Gasteiger partial charge in [0.1, 0.15) is 0 Å². The van der Waals surface area contributed by atoms with Crippen molar-refractivity contribution in [1.29, 1.82) is 0 Å². The number of amides is 2. The smallest absolute Gasteiger partial charge is 0.337 e. The van der Waals surface area contributed by atoms with Crippen LogP contribution in [0.5, 0.6) is 0 Å². The average Bonchev–Trinajstić information content (AvgIpc) is 3.09. The molecule has 0 saturated carbocycles. The van der Waals surface area contributed by atoms with Gasteiger partial charge in [0.05, 0.1) is 18.6 Å². The van der Waals surface area contributed by atoms with Crippen molar-refractivity contribution in [2.24, 2.45) is 5.92 Å².